The van der Waals surface area contributed by atoms with Gasteiger partial charge in [-0.25, -0.2) is 0 Å². The van der Waals surface area contributed by atoms with Crippen molar-refractivity contribution in [3.63, 3.8) is 0 Å². The summed E-state index contributed by atoms with van der Waals surface area (Å²) in [5, 5.41) is 0. The first-order valence-electron chi connectivity index (χ1n) is 11.1. The van der Waals surface area contributed by atoms with Crippen molar-refractivity contribution in [3.8, 4) is 5.75 Å². The van der Waals surface area contributed by atoms with Gasteiger partial charge in [0.2, 0.25) is 5.91 Å². The van der Waals surface area contributed by atoms with Crippen LogP contribution in [0.15, 0.2) is 24.3 Å². The van der Waals surface area contributed by atoms with Gasteiger partial charge in [0.15, 0.2) is 0 Å². The molecule has 0 radical (unpaired) electrons. The smallest absolute Gasteiger partial charge is 0.242 e. The number of nitrogens with zero attached hydrogens (tertiary/aromatic N) is 3. The zero-order valence-electron chi connectivity index (χ0n) is 17.4. The fraction of sp³-hybridized carbons (Fsp3) is 0.696. The summed E-state index contributed by atoms with van der Waals surface area (Å²) < 4.78 is 6.05. The van der Waals surface area contributed by atoms with Gasteiger partial charge in [-0.05, 0) is 75.9 Å². The molecule has 1 unspecified atom stereocenters. The van der Waals surface area contributed by atoms with Gasteiger partial charge in [0.1, 0.15) is 17.9 Å². The monoisotopic (exact) mass is 385 g/mol. The Kier molecular flexibility index (Phi) is 6.22. The van der Waals surface area contributed by atoms with Gasteiger partial charge in [-0.15, -0.1) is 0 Å². The Morgan fingerprint density at radius 3 is 2.61 bits per heavy atom. The molecular weight excluding hydrogens is 350 g/mol. The lowest BCUT2D eigenvalue weighted by Crippen LogP contribution is -2.58. The number of likely N-dealkylation sites (tertiary alicyclic amines) is 3. The highest BCUT2D eigenvalue weighted by molar-refractivity contribution is 5.87. The van der Waals surface area contributed by atoms with Gasteiger partial charge in [-0.1, -0.05) is 18.6 Å². The van der Waals surface area contributed by atoms with Crippen LogP contribution in [0.5, 0.6) is 5.75 Å². The van der Waals surface area contributed by atoms with Crippen LogP contribution in [-0.2, 0) is 11.3 Å². The van der Waals surface area contributed by atoms with Crippen LogP contribution >= 0.6 is 0 Å². The summed E-state index contributed by atoms with van der Waals surface area (Å²) in [5.41, 5.74) is 0.982. The molecule has 1 aromatic carbocycles. The Hall–Kier alpha value is -1.59. The molecule has 5 nitrogen and oxygen atoms in total. The summed E-state index contributed by atoms with van der Waals surface area (Å²) >= 11 is 0. The zero-order chi connectivity index (χ0) is 19.4. The Morgan fingerprint density at radius 1 is 1.00 bits per heavy atom. The Bertz CT molecular complexity index is 674. The number of benzene rings is 1. The number of rotatable bonds is 6. The predicted octanol–water partition coefficient (Wildman–Crippen LogP) is 3.14. The predicted molar refractivity (Wildman–Crippen MR) is 111 cm³/mol. The van der Waals surface area contributed by atoms with Crippen molar-refractivity contribution >= 4 is 5.91 Å². The van der Waals surface area contributed by atoms with E-state index >= 15 is 0 Å². The van der Waals surface area contributed by atoms with E-state index in [0.29, 0.717) is 5.91 Å². The summed E-state index contributed by atoms with van der Waals surface area (Å²) in [4.78, 5) is 19.8. The van der Waals surface area contributed by atoms with Gasteiger partial charge >= 0.3 is 0 Å². The van der Waals surface area contributed by atoms with E-state index in [-0.39, 0.29) is 5.54 Å². The van der Waals surface area contributed by atoms with E-state index in [0.717, 1.165) is 64.2 Å². The molecular formula is C23H35N3O2. The van der Waals surface area contributed by atoms with Gasteiger partial charge in [-0.2, -0.15) is 0 Å². The average Bonchev–Trinajstić information content (AvgIpc) is 3.10. The molecule has 0 aromatic heterocycles. The largest absolute Gasteiger partial charge is 0.492 e. The van der Waals surface area contributed by atoms with E-state index in [2.05, 4.69) is 34.1 Å². The maximum absolute atomic E-state index is 13.0. The molecule has 4 rings (SSSR count). The molecule has 5 heteroatoms. The maximum atomic E-state index is 13.0. The highest BCUT2D eigenvalue weighted by Crippen LogP contribution is 2.39. The zero-order valence-corrected chi connectivity index (χ0v) is 17.4. The second-order valence-corrected chi connectivity index (χ2v) is 8.79. The fourth-order valence-electron chi connectivity index (χ4n) is 5.29. The third-order valence-corrected chi connectivity index (χ3v) is 6.85. The molecule has 3 fully saturated rings. The van der Waals surface area contributed by atoms with Crippen molar-refractivity contribution in [2.75, 3.05) is 46.4 Å². The molecule has 3 aliphatic rings. The number of ether oxygens (including phenoxy) is 1. The molecule has 1 atom stereocenters. The third-order valence-electron chi connectivity index (χ3n) is 6.85. The third kappa shape index (κ3) is 4.20. The van der Waals surface area contributed by atoms with Crippen LogP contribution in [0, 0.1) is 0 Å². The Labute approximate surface area is 169 Å². The van der Waals surface area contributed by atoms with Gasteiger partial charge in [-0.3, -0.25) is 14.6 Å². The number of carbonyl (C=O) groups is 1. The summed E-state index contributed by atoms with van der Waals surface area (Å²) in [7, 11) is 1.95. The molecule has 3 saturated heterocycles. The molecule has 1 aromatic rings. The van der Waals surface area contributed by atoms with Crippen LogP contribution in [0.2, 0.25) is 0 Å². The standard InChI is InChI=1S/C23H35N3O2/c1-24-12-6-10-23(22(24)27)11-7-15-26(23)19-20-8-5-9-21(18-20)28-17-16-25-13-3-2-4-14-25/h5,8-9,18H,2-4,6-7,10-17,19H2,1H3. The van der Waals surface area contributed by atoms with E-state index in [9.17, 15) is 4.79 Å². The minimum Gasteiger partial charge on any atom is -0.492 e. The lowest BCUT2D eigenvalue weighted by Gasteiger charge is -2.43. The molecule has 154 valence electrons. The number of piperidine rings is 2. The van der Waals surface area contributed by atoms with Crippen molar-refractivity contribution in [3.05, 3.63) is 29.8 Å². The minimum absolute atomic E-state index is 0.266. The SMILES string of the molecule is CN1CCCC2(CCCN2Cc2cccc(OCCN3CCCCC3)c2)C1=O. The fourth-order valence-corrected chi connectivity index (χ4v) is 5.29. The van der Waals surface area contributed by atoms with E-state index < -0.39 is 0 Å². The van der Waals surface area contributed by atoms with Crippen LogP contribution < -0.4 is 4.74 Å². The lowest BCUT2D eigenvalue weighted by molar-refractivity contribution is -0.146. The highest BCUT2D eigenvalue weighted by Gasteiger charge is 2.49. The quantitative estimate of drug-likeness (QED) is 0.754. The van der Waals surface area contributed by atoms with Crippen molar-refractivity contribution in [2.24, 2.45) is 0 Å². The van der Waals surface area contributed by atoms with Gasteiger partial charge in [0.05, 0.1) is 0 Å². The summed E-state index contributed by atoms with van der Waals surface area (Å²) in [6.45, 7) is 6.93. The topological polar surface area (TPSA) is 36.0 Å². The first-order valence-corrected chi connectivity index (χ1v) is 11.1. The van der Waals surface area contributed by atoms with E-state index in [1.54, 1.807) is 0 Å². The van der Waals surface area contributed by atoms with Crippen LogP contribution in [0.3, 0.4) is 0 Å². The highest BCUT2D eigenvalue weighted by atomic mass is 16.5. The number of hydrogen-bond acceptors (Lipinski definition) is 4. The van der Waals surface area contributed by atoms with Crippen molar-refractivity contribution in [1.82, 2.24) is 14.7 Å². The first-order chi connectivity index (χ1) is 13.7. The number of likely N-dealkylation sites (N-methyl/N-ethyl adjacent to an activating group) is 1. The second kappa shape index (κ2) is 8.83. The number of carbonyl (C=O) groups excluding carboxylic acids is 1. The van der Waals surface area contributed by atoms with Crippen molar-refractivity contribution < 1.29 is 9.53 Å². The molecule has 0 bridgehead atoms. The van der Waals surface area contributed by atoms with E-state index in [1.165, 1.54) is 37.9 Å². The molecule has 28 heavy (non-hydrogen) atoms. The van der Waals surface area contributed by atoms with Crippen LogP contribution in [0.4, 0.5) is 0 Å². The van der Waals surface area contributed by atoms with Gasteiger partial charge in [0, 0.05) is 26.7 Å². The minimum atomic E-state index is -0.266. The van der Waals surface area contributed by atoms with Crippen molar-refractivity contribution in [2.45, 2.75) is 57.0 Å². The number of amides is 1. The summed E-state index contributed by atoms with van der Waals surface area (Å²) in [6.07, 6.45) is 8.24. The average molecular weight is 386 g/mol. The molecule has 3 aliphatic heterocycles. The molecule has 1 amide bonds. The summed E-state index contributed by atoms with van der Waals surface area (Å²) in [6, 6.07) is 8.47. The first kappa shape index (κ1) is 19.7. The molecule has 0 N–H and O–H groups in total. The normalized spacial score (nSPS) is 26.9. The van der Waals surface area contributed by atoms with E-state index in [1.807, 2.05) is 11.9 Å². The molecule has 1 spiro atoms. The molecule has 0 saturated carbocycles. The Morgan fingerprint density at radius 2 is 1.79 bits per heavy atom. The lowest BCUT2D eigenvalue weighted by atomic mass is 9.85. The van der Waals surface area contributed by atoms with Crippen LogP contribution in [0.25, 0.3) is 0 Å². The number of hydrogen-bond donors (Lipinski definition) is 0. The van der Waals surface area contributed by atoms with Crippen molar-refractivity contribution in [1.29, 1.82) is 0 Å². The van der Waals surface area contributed by atoms with Crippen LogP contribution in [0.1, 0.15) is 50.5 Å². The Balaban J connectivity index is 1.35. The second-order valence-electron chi connectivity index (χ2n) is 8.79. The van der Waals surface area contributed by atoms with E-state index in [4.69, 9.17) is 4.74 Å². The summed E-state index contributed by atoms with van der Waals surface area (Å²) in [5.74, 6) is 1.28. The maximum Gasteiger partial charge on any atom is 0.242 e. The molecule has 0 aliphatic carbocycles. The van der Waals surface area contributed by atoms with Crippen LogP contribution in [-0.4, -0.2) is 72.5 Å². The van der Waals surface area contributed by atoms with Gasteiger partial charge < -0.3 is 9.64 Å². The van der Waals surface area contributed by atoms with Gasteiger partial charge in [0.25, 0.3) is 0 Å². The molecule has 3 heterocycles.